The molecular formula is C13H22N2O2. The Balaban J connectivity index is 2.53. The third kappa shape index (κ3) is 4.73. The molecule has 4 heteroatoms. The fourth-order valence-electron chi connectivity index (χ4n) is 1.54. The molecule has 0 saturated heterocycles. The number of ether oxygens (including phenoxy) is 2. The number of nitrogens with one attached hydrogen (secondary N) is 1. The maximum absolute atomic E-state index is 5.59. The van der Waals surface area contributed by atoms with E-state index in [9.17, 15) is 0 Å². The molecule has 1 unspecified atom stereocenters. The first kappa shape index (κ1) is 14.0. The molecule has 17 heavy (non-hydrogen) atoms. The van der Waals surface area contributed by atoms with Crippen LogP contribution in [0, 0.1) is 0 Å². The number of hydrazine groups is 1. The van der Waals surface area contributed by atoms with Crippen LogP contribution in [0.3, 0.4) is 0 Å². The summed E-state index contributed by atoms with van der Waals surface area (Å²) in [4.78, 5) is 0. The van der Waals surface area contributed by atoms with Gasteiger partial charge in [0.2, 0.25) is 0 Å². The first-order chi connectivity index (χ1) is 8.31. The third-order valence-electron chi connectivity index (χ3n) is 2.58. The molecule has 0 saturated carbocycles. The molecule has 0 aliphatic rings. The lowest BCUT2D eigenvalue weighted by atomic mass is 10.1. The Morgan fingerprint density at radius 2 is 2.00 bits per heavy atom. The zero-order valence-corrected chi connectivity index (χ0v) is 10.6. The van der Waals surface area contributed by atoms with Crippen LogP contribution in [0.4, 0.5) is 0 Å². The van der Waals surface area contributed by atoms with Gasteiger partial charge in [-0.2, -0.15) is 0 Å². The van der Waals surface area contributed by atoms with Crippen molar-refractivity contribution in [2.45, 2.75) is 25.8 Å². The van der Waals surface area contributed by atoms with Crippen LogP contribution in [-0.2, 0) is 4.74 Å². The van der Waals surface area contributed by atoms with Crippen LogP contribution in [0.2, 0.25) is 0 Å². The molecule has 0 amide bonds. The molecule has 0 bridgehead atoms. The van der Waals surface area contributed by atoms with E-state index in [4.69, 9.17) is 15.3 Å². The van der Waals surface area contributed by atoms with Crippen molar-refractivity contribution in [3.05, 3.63) is 29.8 Å². The summed E-state index contributed by atoms with van der Waals surface area (Å²) in [5.74, 6) is 6.36. The van der Waals surface area contributed by atoms with Crippen molar-refractivity contribution in [1.82, 2.24) is 5.43 Å². The van der Waals surface area contributed by atoms with Crippen molar-refractivity contribution in [3.8, 4) is 5.75 Å². The first-order valence-corrected chi connectivity index (χ1v) is 5.99. The van der Waals surface area contributed by atoms with Crippen LogP contribution in [0.15, 0.2) is 24.3 Å². The van der Waals surface area contributed by atoms with Crippen LogP contribution in [0.5, 0.6) is 5.75 Å². The lowest BCUT2D eigenvalue weighted by Crippen LogP contribution is -2.31. The largest absolute Gasteiger partial charge is 0.494 e. The van der Waals surface area contributed by atoms with Crippen molar-refractivity contribution in [3.63, 3.8) is 0 Å². The molecule has 1 aromatic carbocycles. The predicted octanol–water partition coefficient (Wildman–Crippen LogP) is 2.02. The van der Waals surface area contributed by atoms with Gasteiger partial charge < -0.3 is 9.47 Å². The molecule has 1 rings (SSSR count). The number of benzene rings is 1. The van der Waals surface area contributed by atoms with E-state index in [0.29, 0.717) is 6.61 Å². The lowest BCUT2D eigenvalue weighted by molar-refractivity contribution is 0.167. The Hall–Kier alpha value is -1.10. The van der Waals surface area contributed by atoms with E-state index >= 15 is 0 Å². The smallest absolute Gasteiger partial charge is 0.119 e. The number of methoxy groups -OCH3 is 1. The molecular weight excluding hydrogens is 216 g/mol. The summed E-state index contributed by atoms with van der Waals surface area (Å²) < 4.78 is 10.7. The molecule has 4 nitrogen and oxygen atoms in total. The van der Waals surface area contributed by atoms with Crippen LogP contribution in [0.25, 0.3) is 0 Å². The van der Waals surface area contributed by atoms with E-state index < -0.39 is 0 Å². The zero-order valence-electron chi connectivity index (χ0n) is 10.6. The van der Waals surface area contributed by atoms with Crippen molar-refractivity contribution < 1.29 is 9.47 Å². The van der Waals surface area contributed by atoms with Gasteiger partial charge in [0.25, 0.3) is 0 Å². The first-order valence-electron chi connectivity index (χ1n) is 5.99. The molecule has 0 aliphatic heterocycles. The highest BCUT2D eigenvalue weighted by Crippen LogP contribution is 2.17. The Bertz CT molecular complexity index is 301. The Morgan fingerprint density at radius 1 is 1.29 bits per heavy atom. The summed E-state index contributed by atoms with van der Waals surface area (Å²) in [6, 6.07) is 7.95. The Morgan fingerprint density at radius 3 is 2.53 bits per heavy atom. The van der Waals surface area contributed by atoms with Gasteiger partial charge in [0.05, 0.1) is 19.3 Å². The number of hydrogen-bond acceptors (Lipinski definition) is 4. The number of nitrogens with two attached hydrogens (primary N) is 1. The van der Waals surface area contributed by atoms with Gasteiger partial charge in [-0.05, 0) is 24.1 Å². The molecule has 96 valence electrons. The van der Waals surface area contributed by atoms with Gasteiger partial charge in [-0.25, -0.2) is 0 Å². The Kier molecular flexibility index (Phi) is 6.62. The van der Waals surface area contributed by atoms with Gasteiger partial charge in [0, 0.05) is 7.11 Å². The van der Waals surface area contributed by atoms with Gasteiger partial charge in [-0.15, -0.1) is 0 Å². The zero-order chi connectivity index (χ0) is 12.5. The summed E-state index contributed by atoms with van der Waals surface area (Å²) >= 11 is 0. The van der Waals surface area contributed by atoms with Crippen molar-refractivity contribution in [1.29, 1.82) is 0 Å². The van der Waals surface area contributed by atoms with E-state index in [2.05, 4.69) is 12.3 Å². The van der Waals surface area contributed by atoms with Gasteiger partial charge in [0.1, 0.15) is 5.75 Å². The standard InChI is InChI=1S/C13H22N2O2/c1-3-4-9-17-12-7-5-11(6-8-12)13(15-14)10-16-2/h5-8,13,15H,3-4,9-10,14H2,1-2H3. The van der Waals surface area contributed by atoms with E-state index in [1.165, 1.54) is 0 Å². The van der Waals surface area contributed by atoms with Gasteiger partial charge >= 0.3 is 0 Å². The SMILES string of the molecule is CCCCOc1ccc(C(COC)NN)cc1. The van der Waals surface area contributed by atoms with Gasteiger partial charge in [0.15, 0.2) is 0 Å². The monoisotopic (exact) mass is 238 g/mol. The summed E-state index contributed by atoms with van der Waals surface area (Å²) in [5, 5.41) is 0. The van der Waals surface area contributed by atoms with Crippen molar-refractivity contribution >= 4 is 0 Å². The van der Waals surface area contributed by atoms with E-state index in [1.807, 2.05) is 24.3 Å². The molecule has 1 atom stereocenters. The number of rotatable bonds is 8. The second-order valence-electron chi connectivity index (χ2n) is 3.95. The molecule has 0 aromatic heterocycles. The van der Waals surface area contributed by atoms with Gasteiger partial charge in [-0.3, -0.25) is 11.3 Å². The maximum atomic E-state index is 5.59. The normalized spacial score (nSPS) is 12.4. The lowest BCUT2D eigenvalue weighted by Gasteiger charge is -2.15. The molecule has 0 fully saturated rings. The molecule has 0 spiro atoms. The van der Waals surface area contributed by atoms with Crippen LogP contribution >= 0.6 is 0 Å². The molecule has 0 radical (unpaired) electrons. The van der Waals surface area contributed by atoms with Crippen LogP contribution in [-0.4, -0.2) is 20.3 Å². The molecule has 3 N–H and O–H groups in total. The minimum Gasteiger partial charge on any atom is -0.494 e. The summed E-state index contributed by atoms with van der Waals surface area (Å²) in [6.45, 7) is 3.47. The van der Waals surface area contributed by atoms with Crippen molar-refractivity contribution in [2.24, 2.45) is 5.84 Å². The highest BCUT2D eigenvalue weighted by molar-refractivity contribution is 5.29. The van der Waals surface area contributed by atoms with Crippen LogP contribution in [0.1, 0.15) is 31.4 Å². The minimum atomic E-state index is 0.0182. The van der Waals surface area contributed by atoms with Gasteiger partial charge in [-0.1, -0.05) is 25.5 Å². The third-order valence-corrected chi connectivity index (χ3v) is 2.58. The second kappa shape index (κ2) is 8.06. The highest BCUT2D eigenvalue weighted by atomic mass is 16.5. The predicted molar refractivity (Wildman–Crippen MR) is 68.8 cm³/mol. The maximum Gasteiger partial charge on any atom is 0.119 e. The molecule has 0 aliphatic carbocycles. The van der Waals surface area contributed by atoms with E-state index in [-0.39, 0.29) is 6.04 Å². The molecule has 0 heterocycles. The fraction of sp³-hybridized carbons (Fsp3) is 0.538. The summed E-state index contributed by atoms with van der Waals surface area (Å²) in [6.07, 6.45) is 2.23. The average Bonchev–Trinajstić information content (AvgIpc) is 2.37. The molecule has 1 aromatic rings. The summed E-state index contributed by atoms with van der Waals surface area (Å²) in [5.41, 5.74) is 3.82. The minimum absolute atomic E-state index is 0.0182. The highest BCUT2D eigenvalue weighted by Gasteiger charge is 2.08. The summed E-state index contributed by atoms with van der Waals surface area (Å²) in [7, 11) is 1.66. The fourth-order valence-corrected chi connectivity index (χ4v) is 1.54. The van der Waals surface area contributed by atoms with E-state index in [1.54, 1.807) is 7.11 Å². The quantitative estimate of drug-likeness (QED) is 0.413. The Labute approximate surface area is 103 Å². The van der Waals surface area contributed by atoms with Crippen molar-refractivity contribution in [2.75, 3.05) is 20.3 Å². The second-order valence-corrected chi connectivity index (χ2v) is 3.95. The average molecular weight is 238 g/mol. The topological polar surface area (TPSA) is 56.5 Å². The number of unbranched alkanes of at least 4 members (excludes halogenated alkanes) is 1. The number of hydrogen-bond donors (Lipinski definition) is 2. The van der Waals surface area contributed by atoms with Crippen LogP contribution < -0.4 is 16.0 Å². The van der Waals surface area contributed by atoms with E-state index in [0.717, 1.165) is 30.8 Å².